The summed E-state index contributed by atoms with van der Waals surface area (Å²) in [5, 5.41) is 22.0. The molecule has 10 atom stereocenters. The number of benzene rings is 1. The molecule has 39 heavy (non-hydrogen) atoms. The maximum Gasteiger partial charge on any atom is 0.257 e. The summed E-state index contributed by atoms with van der Waals surface area (Å²) in [4.78, 5) is 14.8. The summed E-state index contributed by atoms with van der Waals surface area (Å²) in [6.07, 6.45) is 8.60. The molecule has 0 radical (unpaired) electrons. The Labute approximate surface area is 233 Å². The van der Waals surface area contributed by atoms with Gasteiger partial charge in [0, 0.05) is 12.1 Å². The first-order valence-corrected chi connectivity index (χ1v) is 16.4. The molecule has 0 bridgehead atoms. The molecule has 4 aliphatic rings. The zero-order valence-electron chi connectivity index (χ0n) is 23.6. The lowest BCUT2D eigenvalue weighted by Gasteiger charge is -2.62. The van der Waals surface area contributed by atoms with Gasteiger partial charge in [-0.05, 0) is 128 Å². The van der Waals surface area contributed by atoms with E-state index in [0.717, 1.165) is 38.5 Å². The molecule has 0 heterocycles. The lowest BCUT2D eigenvalue weighted by molar-refractivity contribution is -0.174. The van der Waals surface area contributed by atoms with Gasteiger partial charge in [-0.2, -0.15) is 0 Å². The van der Waals surface area contributed by atoms with Crippen LogP contribution in [0, 0.1) is 46.3 Å². The standard InChI is InChI=1S/C30H47N3O5S/c1-18(4-13-28(36)32-33-39(37,38)22-8-6-20(31)7-9-22)24-11-12-25-23-10-5-19-16-21(34)14-15-29(19,2)26(23)17-27(35)30(24,25)3/h6-9,18-19,21,23-27,33-35H,4-5,10-17,31H2,1-3H3,(H,32,36). The minimum Gasteiger partial charge on any atom is -0.399 e. The van der Waals surface area contributed by atoms with Crippen LogP contribution in [0.1, 0.15) is 85.0 Å². The van der Waals surface area contributed by atoms with Gasteiger partial charge in [0.2, 0.25) is 5.91 Å². The summed E-state index contributed by atoms with van der Waals surface area (Å²) < 4.78 is 24.9. The lowest BCUT2D eigenvalue weighted by Crippen LogP contribution is -2.58. The monoisotopic (exact) mass is 561 g/mol. The van der Waals surface area contributed by atoms with Gasteiger partial charge in [0.25, 0.3) is 10.0 Å². The Balaban J connectivity index is 1.19. The number of hydrazine groups is 1. The van der Waals surface area contributed by atoms with E-state index in [1.165, 1.54) is 37.1 Å². The second-order valence-electron chi connectivity index (χ2n) is 13.6. The number of anilines is 1. The Morgan fingerprint density at radius 3 is 2.49 bits per heavy atom. The quantitative estimate of drug-likeness (QED) is 0.252. The first kappa shape index (κ1) is 28.8. The number of hydrogen-bond acceptors (Lipinski definition) is 6. The highest BCUT2D eigenvalue weighted by atomic mass is 32.2. The zero-order chi connectivity index (χ0) is 28.2. The number of nitrogens with two attached hydrogens (primary N) is 1. The van der Waals surface area contributed by atoms with Crippen molar-refractivity contribution in [2.75, 3.05) is 5.73 Å². The van der Waals surface area contributed by atoms with E-state index in [2.05, 4.69) is 31.0 Å². The van der Waals surface area contributed by atoms with Gasteiger partial charge in [-0.1, -0.05) is 20.8 Å². The van der Waals surface area contributed by atoms with Gasteiger partial charge in [-0.25, -0.2) is 8.42 Å². The van der Waals surface area contributed by atoms with E-state index in [1.54, 1.807) is 0 Å². The van der Waals surface area contributed by atoms with Crippen molar-refractivity contribution in [1.82, 2.24) is 10.3 Å². The Hall–Kier alpha value is -1.68. The lowest BCUT2D eigenvalue weighted by atomic mass is 9.43. The Bertz CT molecular complexity index is 1160. The third-order valence-corrected chi connectivity index (χ3v) is 13.1. The summed E-state index contributed by atoms with van der Waals surface area (Å²) >= 11 is 0. The molecule has 1 amide bonds. The zero-order valence-corrected chi connectivity index (χ0v) is 24.4. The van der Waals surface area contributed by atoms with Crippen molar-refractivity contribution < 1.29 is 23.4 Å². The van der Waals surface area contributed by atoms with E-state index in [0.29, 0.717) is 41.7 Å². The number of nitrogen functional groups attached to an aromatic ring is 1. The van der Waals surface area contributed by atoms with Gasteiger partial charge in [0.05, 0.1) is 17.1 Å². The van der Waals surface area contributed by atoms with Crippen molar-refractivity contribution in [3.63, 3.8) is 0 Å². The maximum absolute atomic E-state index is 12.6. The predicted octanol–water partition coefficient (Wildman–Crippen LogP) is 3.99. The van der Waals surface area contributed by atoms with E-state index in [1.807, 2.05) is 0 Å². The summed E-state index contributed by atoms with van der Waals surface area (Å²) in [6.45, 7) is 6.92. The molecule has 0 aliphatic heterocycles. The maximum atomic E-state index is 12.6. The number of carbonyl (C=O) groups excluding carboxylic acids is 1. The Morgan fingerprint density at radius 2 is 1.77 bits per heavy atom. The average Bonchev–Trinajstić information content (AvgIpc) is 3.26. The molecular weight excluding hydrogens is 514 g/mol. The first-order valence-electron chi connectivity index (χ1n) is 14.9. The minimum absolute atomic E-state index is 0.0344. The van der Waals surface area contributed by atoms with Gasteiger partial charge in [0.1, 0.15) is 0 Å². The highest BCUT2D eigenvalue weighted by Gasteiger charge is 2.63. The van der Waals surface area contributed by atoms with E-state index in [9.17, 15) is 23.4 Å². The molecule has 4 aliphatic carbocycles. The number of fused-ring (bicyclic) bond motifs is 5. The molecule has 218 valence electrons. The van der Waals surface area contributed by atoms with E-state index < -0.39 is 10.0 Å². The molecule has 0 aromatic heterocycles. The highest BCUT2D eigenvalue weighted by molar-refractivity contribution is 7.89. The van der Waals surface area contributed by atoms with Crippen LogP contribution >= 0.6 is 0 Å². The van der Waals surface area contributed by atoms with Crippen LogP contribution in [0.4, 0.5) is 5.69 Å². The molecule has 0 spiro atoms. The molecular formula is C30H47N3O5S. The predicted molar refractivity (Wildman–Crippen MR) is 150 cm³/mol. The largest absolute Gasteiger partial charge is 0.399 e. The van der Waals surface area contributed by atoms with Crippen molar-refractivity contribution in [3.05, 3.63) is 24.3 Å². The number of nitrogens with one attached hydrogen (secondary N) is 2. The molecule has 9 heteroatoms. The van der Waals surface area contributed by atoms with Crippen molar-refractivity contribution in [3.8, 4) is 0 Å². The van der Waals surface area contributed by atoms with Crippen molar-refractivity contribution in [2.24, 2.45) is 46.3 Å². The highest BCUT2D eigenvalue weighted by Crippen LogP contribution is 2.68. The van der Waals surface area contributed by atoms with Crippen LogP contribution < -0.4 is 16.0 Å². The number of carbonyl (C=O) groups is 1. The summed E-state index contributed by atoms with van der Waals surface area (Å²) in [6, 6.07) is 5.79. The smallest absolute Gasteiger partial charge is 0.257 e. The fraction of sp³-hybridized carbons (Fsp3) is 0.767. The average molecular weight is 562 g/mol. The fourth-order valence-corrected chi connectivity index (χ4v) is 10.5. The Kier molecular flexibility index (Phi) is 7.85. The second kappa shape index (κ2) is 10.6. The van der Waals surface area contributed by atoms with Crippen LogP contribution in [-0.4, -0.2) is 36.7 Å². The molecule has 6 N–H and O–H groups in total. The molecule has 0 saturated heterocycles. The van der Waals surface area contributed by atoms with Crippen LogP contribution in [-0.2, 0) is 14.8 Å². The number of amides is 1. The third kappa shape index (κ3) is 5.13. The van der Waals surface area contributed by atoms with Crippen LogP contribution in [0.15, 0.2) is 29.2 Å². The van der Waals surface area contributed by atoms with Crippen molar-refractivity contribution in [1.29, 1.82) is 0 Å². The minimum atomic E-state index is -3.87. The molecule has 5 rings (SSSR count). The normalized spacial score (nSPS) is 40.7. The molecule has 1 aromatic rings. The van der Waals surface area contributed by atoms with Gasteiger partial charge in [-0.3, -0.25) is 10.2 Å². The topological polar surface area (TPSA) is 142 Å². The number of rotatable bonds is 7. The van der Waals surface area contributed by atoms with E-state index in [4.69, 9.17) is 5.73 Å². The summed E-state index contributed by atoms with van der Waals surface area (Å²) in [5.41, 5.74) is 8.50. The van der Waals surface area contributed by atoms with Crippen LogP contribution in [0.25, 0.3) is 0 Å². The van der Waals surface area contributed by atoms with Gasteiger partial charge >= 0.3 is 0 Å². The molecule has 4 saturated carbocycles. The number of aliphatic hydroxyl groups is 2. The van der Waals surface area contributed by atoms with Crippen molar-refractivity contribution >= 4 is 21.6 Å². The van der Waals surface area contributed by atoms with Gasteiger partial charge in [-0.15, -0.1) is 4.83 Å². The second-order valence-corrected chi connectivity index (χ2v) is 15.3. The molecule has 1 aromatic carbocycles. The first-order chi connectivity index (χ1) is 18.4. The van der Waals surface area contributed by atoms with Crippen LogP contribution in [0.5, 0.6) is 0 Å². The summed E-state index contributed by atoms with van der Waals surface area (Å²) in [5.74, 6) is 2.40. The Morgan fingerprint density at radius 1 is 1.05 bits per heavy atom. The SMILES string of the molecule is CC(CCC(=O)NNS(=O)(=O)c1ccc(N)cc1)C1CCC2C3CCC4CC(O)CCC4(C)C3CC(O)C12C. The van der Waals surface area contributed by atoms with Crippen LogP contribution in [0.3, 0.4) is 0 Å². The fourth-order valence-electron chi connectivity index (χ4n) is 9.61. The summed E-state index contributed by atoms with van der Waals surface area (Å²) in [7, 11) is -3.87. The van der Waals surface area contributed by atoms with Gasteiger partial charge < -0.3 is 15.9 Å². The van der Waals surface area contributed by atoms with Gasteiger partial charge in [0.15, 0.2) is 0 Å². The van der Waals surface area contributed by atoms with E-state index >= 15 is 0 Å². The van der Waals surface area contributed by atoms with Crippen LogP contribution in [0.2, 0.25) is 0 Å². The number of hydrogen-bond donors (Lipinski definition) is 5. The molecule has 4 fully saturated rings. The number of aliphatic hydroxyl groups excluding tert-OH is 2. The number of sulfonamides is 1. The molecule has 10 unspecified atom stereocenters. The molecule has 8 nitrogen and oxygen atoms in total. The van der Waals surface area contributed by atoms with E-state index in [-0.39, 0.29) is 46.2 Å². The van der Waals surface area contributed by atoms with Crippen molar-refractivity contribution in [2.45, 2.75) is 102 Å². The third-order valence-electron chi connectivity index (χ3n) is 11.8.